The van der Waals surface area contributed by atoms with Crippen LogP contribution in [0.5, 0.6) is 0 Å². The molecule has 6 heteroatoms. The van der Waals surface area contributed by atoms with E-state index in [1.807, 2.05) is 24.3 Å². The standard InChI is InChI=1S/C11H11BrN4O/c12-8-2-4-9(5-3-8)16-11(17)15-7-1-6-13-10(15)14-16/h2-5H,1,6-7H2,(H,13,14). The van der Waals surface area contributed by atoms with Gasteiger partial charge in [-0.05, 0) is 30.7 Å². The average Bonchev–Trinajstić information content (AvgIpc) is 2.69. The lowest BCUT2D eigenvalue weighted by atomic mass is 10.3. The van der Waals surface area contributed by atoms with E-state index < -0.39 is 0 Å². The van der Waals surface area contributed by atoms with Gasteiger partial charge in [0.05, 0.1) is 5.69 Å². The van der Waals surface area contributed by atoms with Crippen LogP contribution in [0.1, 0.15) is 6.42 Å². The number of fused-ring (bicyclic) bond motifs is 1. The molecule has 5 nitrogen and oxygen atoms in total. The Hall–Kier alpha value is -1.56. The molecule has 3 rings (SSSR count). The predicted molar refractivity (Wildman–Crippen MR) is 68.6 cm³/mol. The molecule has 0 saturated carbocycles. The van der Waals surface area contributed by atoms with E-state index in [1.165, 1.54) is 4.68 Å². The molecule has 2 aromatic rings. The maximum Gasteiger partial charge on any atom is 0.352 e. The minimum Gasteiger partial charge on any atom is -0.354 e. The van der Waals surface area contributed by atoms with Gasteiger partial charge in [0.25, 0.3) is 0 Å². The SMILES string of the molecule is O=c1n(-c2ccc(Br)cc2)nc2n1CCCN2. The minimum absolute atomic E-state index is 0.0884. The van der Waals surface area contributed by atoms with Gasteiger partial charge in [0, 0.05) is 17.6 Å². The van der Waals surface area contributed by atoms with E-state index >= 15 is 0 Å². The molecule has 0 fully saturated rings. The molecule has 1 N–H and O–H groups in total. The summed E-state index contributed by atoms with van der Waals surface area (Å²) < 4.78 is 4.09. The van der Waals surface area contributed by atoms with Gasteiger partial charge < -0.3 is 5.32 Å². The van der Waals surface area contributed by atoms with Crippen LogP contribution in [0.25, 0.3) is 5.69 Å². The van der Waals surface area contributed by atoms with Crippen LogP contribution >= 0.6 is 15.9 Å². The van der Waals surface area contributed by atoms with E-state index in [-0.39, 0.29) is 5.69 Å². The molecule has 0 spiro atoms. The summed E-state index contributed by atoms with van der Waals surface area (Å²) in [5, 5.41) is 7.42. The summed E-state index contributed by atoms with van der Waals surface area (Å²) >= 11 is 3.37. The Labute approximate surface area is 106 Å². The molecule has 0 unspecified atom stereocenters. The van der Waals surface area contributed by atoms with Crippen LogP contribution in [0.4, 0.5) is 5.95 Å². The highest BCUT2D eigenvalue weighted by molar-refractivity contribution is 9.10. The summed E-state index contributed by atoms with van der Waals surface area (Å²) in [6, 6.07) is 7.52. The monoisotopic (exact) mass is 294 g/mol. The number of aromatic nitrogens is 3. The van der Waals surface area contributed by atoms with Crippen molar-refractivity contribution >= 4 is 21.9 Å². The molecule has 88 valence electrons. The number of anilines is 1. The van der Waals surface area contributed by atoms with Gasteiger partial charge >= 0.3 is 5.69 Å². The molecule has 0 radical (unpaired) electrons. The van der Waals surface area contributed by atoms with Crippen LogP contribution in [0.3, 0.4) is 0 Å². The number of rotatable bonds is 1. The van der Waals surface area contributed by atoms with Gasteiger partial charge in [-0.3, -0.25) is 4.57 Å². The molecule has 1 aromatic heterocycles. The van der Waals surface area contributed by atoms with Crippen molar-refractivity contribution in [1.82, 2.24) is 14.3 Å². The lowest BCUT2D eigenvalue weighted by Crippen LogP contribution is -2.27. The van der Waals surface area contributed by atoms with Crippen molar-refractivity contribution < 1.29 is 0 Å². The maximum absolute atomic E-state index is 12.1. The van der Waals surface area contributed by atoms with Gasteiger partial charge in [-0.15, -0.1) is 5.10 Å². The van der Waals surface area contributed by atoms with Crippen molar-refractivity contribution in [2.75, 3.05) is 11.9 Å². The normalized spacial score (nSPS) is 14.2. The first-order chi connectivity index (χ1) is 8.25. The van der Waals surface area contributed by atoms with E-state index in [1.54, 1.807) is 4.57 Å². The van der Waals surface area contributed by atoms with Crippen LogP contribution in [-0.4, -0.2) is 20.9 Å². The van der Waals surface area contributed by atoms with Crippen molar-refractivity contribution in [3.63, 3.8) is 0 Å². The van der Waals surface area contributed by atoms with Crippen LogP contribution in [-0.2, 0) is 6.54 Å². The lowest BCUT2D eigenvalue weighted by molar-refractivity contribution is 0.606. The molecular formula is C11H11BrN4O. The Kier molecular flexibility index (Phi) is 2.51. The van der Waals surface area contributed by atoms with Crippen LogP contribution < -0.4 is 11.0 Å². The fraction of sp³-hybridized carbons (Fsp3) is 0.273. The Morgan fingerprint density at radius 3 is 2.76 bits per heavy atom. The molecule has 1 aliphatic rings. The van der Waals surface area contributed by atoms with Crippen LogP contribution in [0, 0.1) is 0 Å². The summed E-state index contributed by atoms with van der Waals surface area (Å²) in [5.74, 6) is 0.657. The van der Waals surface area contributed by atoms with Crippen molar-refractivity contribution in [3.05, 3.63) is 39.2 Å². The van der Waals surface area contributed by atoms with E-state index in [0.717, 1.165) is 29.7 Å². The van der Waals surface area contributed by atoms with Crippen molar-refractivity contribution in [2.24, 2.45) is 0 Å². The zero-order chi connectivity index (χ0) is 11.8. The molecule has 0 atom stereocenters. The van der Waals surface area contributed by atoms with Crippen LogP contribution in [0.2, 0.25) is 0 Å². The van der Waals surface area contributed by atoms with Crippen molar-refractivity contribution in [3.8, 4) is 5.69 Å². The number of nitrogens with one attached hydrogen (secondary N) is 1. The van der Waals surface area contributed by atoms with Gasteiger partial charge in [0.15, 0.2) is 0 Å². The molecule has 0 bridgehead atoms. The molecule has 0 aliphatic carbocycles. The van der Waals surface area contributed by atoms with Crippen LogP contribution in [0.15, 0.2) is 33.5 Å². The topological polar surface area (TPSA) is 51.9 Å². The number of nitrogens with zero attached hydrogens (tertiary/aromatic N) is 3. The second-order valence-electron chi connectivity index (χ2n) is 3.93. The molecule has 17 heavy (non-hydrogen) atoms. The molecule has 2 heterocycles. The molecule has 0 saturated heterocycles. The van der Waals surface area contributed by atoms with Gasteiger partial charge in [0.1, 0.15) is 0 Å². The molecule has 0 amide bonds. The highest BCUT2D eigenvalue weighted by atomic mass is 79.9. The minimum atomic E-state index is -0.0884. The number of benzene rings is 1. The Morgan fingerprint density at radius 2 is 2.06 bits per heavy atom. The maximum atomic E-state index is 12.1. The zero-order valence-corrected chi connectivity index (χ0v) is 10.6. The number of halogens is 1. The first-order valence-electron chi connectivity index (χ1n) is 5.45. The molecule has 1 aliphatic heterocycles. The number of hydrogen-bond donors (Lipinski definition) is 1. The van der Waals surface area contributed by atoms with Crippen molar-refractivity contribution in [1.29, 1.82) is 0 Å². The second kappa shape index (κ2) is 4.03. The van der Waals surface area contributed by atoms with Gasteiger partial charge in [-0.25, -0.2) is 4.79 Å². The third kappa shape index (κ3) is 1.78. The quantitative estimate of drug-likeness (QED) is 0.869. The van der Waals surface area contributed by atoms with Gasteiger partial charge in [0.2, 0.25) is 5.95 Å². The first kappa shape index (κ1) is 10.6. The summed E-state index contributed by atoms with van der Waals surface area (Å²) in [4.78, 5) is 12.1. The van der Waals surface area contributed by atoms with E-state index in [9.17, 15) is 4.79 Å². The highest BCUT2D eigenvalue weighted by Crippen LogP contribution is 2.14. The van der Waals surface area contributed by atoms with Gasteiger partial charge in [-0.1, -0.05) is 15.9 Å². The third-order valence-corrected chi connectivity index (χ3v) is 3.30. The number of hydrogen-bond acceptors (Lipinski definition) is 3. The van der Waals surface area contributed by atoms with E-state index in [2.05, 4.69) is 26.3 Å². The fourth-order valence-corrected chi connectivity index (χ4v) is 2.18. The fourth-order valence-electron chi connectivity index (χ4n) is 1.92. The summed E-state index contributed by atoms with van der Waals surface area (Å²) in [5.41, 5.74) is 0.691. The largest absolute Gasteiger partial charge is 0.354 e. The molecular weight excluding hydrogens is 284 g/mol. The average molecular weight is 295 g/mol. The lowest BCUT2D eigenvalue weighted by Gasteiger charge is -2.12. The van der Waals surface area contributed by atoms with Gasteiger partial charge in [-0.2, -0.15) is 4.68 Å². The first-order valence-corrected chi connectivity index (χ1v) is 6.25. The molecule has 1 aromatic carbocycles. The van der Waals surface area contributed by atoms with E-state index in [0.29, 0.717) is 5.95 Å². The Balaban J connectivity index is 2.12. The van der Waals surface area contributed by atoms with E-state index in [4.69, 9.17) is 0 Å². The zero-order valence-electron chi connectivity index (χ0n) is 9.06. The summed E-state index contributed by atoms with van der Waals surface area (Å²) in [6.07, 6.45) is 0.957. The summed E-state index contributed by atoms with van der Waals surface area (Å²) in [7, 11) is 0. The van der Waals surface area contributed by atoms with Crippen molar-refractivity contribution in [2.45, 2.75) is 13.0 Å². The summed E-state index contributed by atoms with van der Waals surface area (Å²) in [6.45, 7) is 1.61. The smallest absolute Gasteiger partial charge is 0.352 e. The third-order valence-electron chi connectivity index (χ3n) is 2.78. The highest BCUT2D eigenvalue weighted by Gasteiger charge is 2.16. The Morgan fingerprint density at radius 1 is 1.29 bits per heavy atom. The second-order valence-corrected chi connectivity index (χ2v) is 4.84. The predicted octanol–water partition coefficient (Wildman–Crippen LogP) is 1.61. The Bertz CT molecular complexity index is 599.